The molecule has 2 N–H and O–H groups in total. The molecule has 1 aliphatic rings. The van der Waals surface area contributed by atoms with Crippen molar-refractivity contribution in [2.24, 2.45) is 0 Å². The molecule has 6 nitrogen and oxygen atoms in total. The monoisotopic (exact) mass is 299 g/mol. The number of rotatable bonds is 5. The molecule has 0 aromatic carbocycles. The Hall–Kier alpha value is -1.30. The lowest BCUT2D eigenvalue weighted by atomic mass is 10.2. The molecule has 2 unspecified atom stereocenters. The zero-order valence-electron chi connectivity index (χ0n) is 13.9. The van der Waals surface area contributed by atoms with Gasteiger partial charge in [-0.1, -0.05) is 0 Å². The minimum absolute atomic E-state index is 0.0145. The van der Waals surface area contributed by atoms with Crippen molar-refractivity contribution in [1.82, 2.24) is 15.5 Å². The number of likely N-dealkylation sites (N-methyl/N-ethyl adjacent to an activating group) is 1. The number of ether oxygens (including phenoxy) is 1. The molecule has 0 bridgehead atoms. The zero-order chi connectivity index (χ0) is 16.0. The Labute approximate surface area is 127 Å². The lowest BCUT2D eigenvalue weighted by molar-refractivity contribution is -0.122. The van der Waals surface area contributed by atoms with Gasteiger partial charge in [0.25, 0.3) is 0 Å². The van der Waals surface area contributed by atoms with Crippen LogP contribution in [0, 0.1) is 0 Å². The molecule has 0 radical (unpaired) electrons. The van der Waals surface area contributed by atoms with E-state index in [0.29, 0.717) is 13.1 Å². The Morgan fingerprint density at radius 3 is 2.62 bits per heavy atom. The van der Waals surface area contributed by atoms with Gasteiger partial charge in [-0.3, -0.25) is 4.79 Å². The van der Waals surface area contributed by atoms with Crippen LogP contribution in [0.5, 0.6) is 0 Å². The summed E-state index contributed by atoms with van der Waals surface area (Å²) in [6.45, 7) is 11.3. The van der Waals surface area contributed by atoms with Gasteiger partial charge in [0, 0.05) is 25.7 Å². The number of nitrogens with one attached hydrogen (secondary N) is 2. The predicted octanol–water partition coefficient (Wildman–Crippen LogP) is 1.50. The van der Waals surface area contributed by atoms with Crippen molar-refractivity contribution in [3.8, 4) is 0 Å². The quantitative estimate of drug-likeness (QED) is 0.807. The van der Waals surface area contributed by atoms with Gasteiger partial charge in [0.15, 0.2) is 0 Å². The third kappa shape index (κ3) is 5.91. The predicted molar refractivity (Wildman–Crippen MR) is 82.1 cm³/mol. The summed E-state index contributed by atoms with van der Waals surface area (Å²) in [6.07, 6.45) is 1.65. The summed E-state index contributed by atoms with van der Waals surface area (Å²) >= 11 is 0. The highest BCUT2D eigenvalue weighted by Gasteiger charge is 2.32. The van der Waals surface area contributed by atoms with Crippen molar-refractivity contribution >= 4 is 12.0 Å². The molecule has 122 valence electrons. The summed E-state index contributed by atoms with van der Waals surface area (Å²) in [5.41, 5.74) is -0.480. The summed E-state index contributed by atoms with van der Waals surface area (Å²) < 4.78 is 5.42. The van der Waals surface area contributed by atoms with Crippen molar-refractivity contribution in [3.63, 3.8) is 0 Å². The van der Waals surface area contributed by atoms with E-state index in [1.54, 1.807) is 4.90 Å². The Morgan fingerprint density at radius 2 is 2.05 bits per heavy atom. The molecule has 2 amide bonds. The van der Waals surface area contributed by atoms with Crippen LogP contribution in [0.25, 0.3) is 0 Å². The average molecular weight is 299 g/mol. The van der Waals surface area contributed by atoms with E-state index in [1.807, 2.05) is 34.6 Å². The first-order valence-corrected chi connectivity index (χ1v) is 7.75. The molecule has 0 aromatic heterocycles. The highest BCUT2D eigenvalue weighted by atomic mass is 16.6. The molecule has 1 saturated heterocycles. The molecule has 1 heterocycles. The molecular formula is C15H29N3O3. The second-order valence-electron chi connectivity index (χ2n) is 6.49. The van der Waals surface area contributed by atoms with Gasteiger partial charge in [-0.05, 0) is 47.5 Å². The first-order valence-electron chi connectivity index (χ1n) is 7.75. The molecular weight excluding hydrogens is 270 g/mol. The smallest absolute Gasteiger partial charge is 0.410 e. The Balaban J connectivity index is 2.47. The standard InChI is InChI=1S/C15H29N3O3/c1-6-16-13(19)11(2)17-10-12-8-7-9-18(12)14(20)21-15(3,4)5/h11-12,17H,6-10H2,1-5H3,(H,16,19). The van der Waals surface area contributed by atoms with Crippen molar-refractivity contribution in [3.05, 3.63) is 0 Å². The van der Waals surface area contributed by atoms with Gasteiger partial charge in [-0.15, -0.1) is 0 Å². The normalized spacial score (nSPS) is 20.2. The molecule has 0 spiro atoms. The molecule has 2 atom stereocenters. The van der Waals surface area contributed by atoms with Gasteiger partial charge in [-0.2, -0.15) is 0 Å². The lowest BCUT2D eigenvalue weighted by Gasteiger charge is -2.29. The molecule has 0 aromatic rings. The van der Waals surface area contributed by atoms with Crippen molar-refractivity contribution in [1.29, 1.82) is 0 Å². The molecule has 6 heteroatoms. The first-order chi connectivity index (χ1) is 9.74. The van der Waals surface area contributed by atoms with E-state index in [0.717, 1.165) is 19.4 Å². The second kappa shape index (κ2) is 7.64. The SMILES string of the molecule is CCNC(=O)C(C)NCC1CCCN1C(=O)OC(C)(C)C. The molecule has 21 heavy (non-hydrogen) atoms. The zero-order valence-corrected chi connectivity index (χ0v) is 13.9. The highest BCUT2D eigenvalue weighted by Crippen LogP contribution is 2.20. The van der Waals surface area contributed by atoms with Crippen molar-refractivity contribution in [2.45, 2.75) is 65.1 Å². The highest BCUT2D eigenvalue weighted by molar-refractivity contribution is 5.81. The van der Waals surface area contributed by atoms with Crippen LogP contribution in [0.15, 0.2) is 0 Å². The van der Waals surface area contributed by atoms with Crippen LogP contribution in [0.2, 0.25) is 0 Å². The van der Waals surface area contributed by atoms with Crippen LogP contribution in [0.1, 0.15) is 47.5 Å². The Kier molecular flexibility index (Phi) is 6.45. The van der Waals surface area contributed by atoms with E-state index in [9.17, 15) is 9.59 Å². The largest absolute Gasteiger partial charge is 0.444 e. The van der Waals surface area contributed by atoms with Crippen molar-refractivity contribution < 1.29 is 14.3 Å². The minimum atomic E-state index is -0.480. The third-order valence-electron chi connectivity index (χ3n) is 3.41. The number of nitrogens with zero attached hydrogens (tertiary/aromatic N) is 1. The van der Waals surface area contributed by atoms with E-state index in [2.05, 4.69) is 10.6 Å². The second-order valence-corrected chi connectivity index (χ2v) is 6.49. The summed E-state index contributed by atoms with van der Waals surface area (Å²) in [6, 6.07) is -0.164. The fourth-order valence-corrected chi connectivity index (χ4v) is 2.34. The number of likely N-dealkylation sites (tertiary alicyclic amines) is 1. The fraction of sp³-hybridized carbons (Fsp3) is 0.867. The maximum absolute atomic E-state index is 12.1. The van der Waals surface area contributed by atoms with Gasteiger partial charge < -0.3 is 20.3 Å². The summed E-state index contributed by atoms with van der Waals surface area (Å²) in [7, 11) is 0. The lowest BCUT2D eigenvalue weighted by Crippen LogP contribution is -2.49. The summed E-state index contributed by atoms with van der Waals surface area (Å²) in [5.74, 6) is -0.0145. The third-order valence-corrected chi connectivity index (χ3v) is 3.41. The van der Waals surface area contributed by atoms with E-state index in [4.69, 9.17) is 4.74 Å². The minimum Gasteiger partial charge on any atom is -0.444 e. The van der Waals surface area contributed by atoms with Gasteiger partial charge in [0.2, 0.25) is 5.91 Å². The number of amides is 2. The van der Waals surface area contributed by atoms with E-state index < -0.39 is 5.60 Å². The van der Waals surface area contributed by atoms with E-state index >= 15 is 0 Å². The van der Waals surface area contributed by atoms with Crippen LogP contribution in [-0.2, 0) is 9.53 Å². The van der Waals surface area contributed by atoms with Crippen LogP contribution in [-0.4, -0.2) is 54.2 Å². The topological polar surface area (TPSA) is 70.7 Å². The van der Waals surface area contributed by atoms with Gasteiger partial charge in [-0.25, -0.2) is 4.79 Å². The Morgan fingerprint density at radius 1 is 1.38 bits per heavy atom. The maximum Gasteiger partial charge on any atom is 0.410 e. The first kappa shape index (κ1) is 17.8. The van der Waals surface area contributed by atoms with E-state index in [-0.39, 0.29) is 24.1 Å². The van der Waals surface area contributed by atoms with Crippen LogP contribution in [0.4, 0.5) is 4.79 Å². The Bertz CT molecular complexity index is 366. The number of carbonyl (C=O) groups excluding carboxylic acids is 2. The van der Waals surface area contributed by atoms with Crippen LogP contribution in [0.3, 0.4) is 0 Å². The maximum atomic E-state index is 12.1. The van der Waals surface area contributed by atoms with Crippen LogP contribution < -0.4 is 10.6 Å². The average Bonchev–Trinajstić information content (AvgIpc) is 2.82. The molecule has 0 saturated carbocycles. The van der Waals surface area contributed by atoms with E-state index in [1.165, 1.54) is 0 Å². The molecule has 1 rings (SSSR count). The summed E-state index contributed by atoms with van der Waals surface area (Å²) in [4.78, 5) is 25.6. The number of hydrogen-bond acceptors (Lipinski definition) is 4. The molecule has 1 fully saturated rings. The molecule has 0 aliphatic carbocycles. The molecule has 1 aliphatic heterocycles. The van der Waals surface area contributed by atoms with Crippen molar-refractivity contribution in [2.75, 3.05) is 19.6 Å². The van der Waals surface area contributed by atoms with Gasteiger partial charge in [0.05, 0.1) is 6.04 Å². The number of hydrogen-bond donors (Lipinski definition) is 2. The summed E-state index contributed by atoms with van der Waals surface area (Å²) in [5, 5.41) is 5.97. The van der Waals surface area contributed by atoms with Gasteiger partial charge in [0.1, 0.15) is 5.60 Å². The van der Waals surface area contributed by atoms with Gasteiger partial charge >= 0.3 is 6.09 Å². The number of carbonyl (C=O) groups is 2. The fourth-order valence-electron chi connectivity index (χ4n) is 2.34. The van der Waals surface area contributed by atoms with Crippen LogP contribution >= 0.6 is 0 Å².